The van der Waals surface area contributed by atoms with Crippen molar-refractivity contribution in [3.05, 3.63) is 12.7 Å². The van der Waals surface area contributed by atoms with Gasteiger partial charge in [-0.1, -0.05) is 6.58 Å². The van der Waals surface area contributed by atoms with Crippen molar-refractivity contribution < 1.29 is 28.4 Å². The van der Waals surface area contributed by atoms with Gasteiger partial charge in [-0.05, 0) is 0 Å². The summed E-state index contributed by atoms with van der Waals surface area (Å²) >= 11 is 0. The Kier molecular flexibility index (Phi) is 8.39. The normalized spacial score (nSPS) is 9.83. The molecule has 65 valence electrons. The first-order chi connectivity index (χ1) is 4.95. The second-order valence-electron chi connectivity index (χ2n) is 1.41. The van der Waals surface area contributed by atoms with E-state index in [2.05, 4.69) is 15.8 Å². The zero-order valence-electron chi connectivity index (χ0n) is 6.47. The maximum Gasteiger partial charge on any atom is 0.472 e. The molecule has 0 aliphatic rings. The molecule has 0 saturated heterocycles. The van der Waals surface area contributed by atoms with Crippen LogP contribution in [-0.2, 0) is 18.6 Å². The molecule has 1 radical (unpaired) electrons. The van der Waals surface area contributed by atoms with Crippen LogP contribution in [0, 0.1) is 0 Å². The van der Waals surface area contributed by atoms with Crippen LogP contribution in [0.3, 0.4) is 0 Å². The molecule has 0 aliphatic heterocycles. The molecule has 0 fully saturated rings. The minimum Gasteiger partial charge on any atom is -0.435 e. The largest absolute Gasteiger partial charge is 0.472 e. The molecule has 12 heavy (non-hydrogen) atoms. The van der Waals surface area contributed by atoms with Crippen molar-refractivity contribution in [2.45, 2.75) is 0 Å². The first-order valence-corrected chi connectivity index (χ1v) is 3.98. The molecule has 0 bridgehead atoms. The van der Waals surface area contributed by atoms with Crippen molar-refractivity contribution in [3.8, 4) is 0 Å². The number of rotatable bonds is 4. The molecule has 0 spiro atoms. The fourth-order valence-electron chi connectivity index (χ4n) is 0.212. The van der Waals surface area contributed by atoms with Crippen LogP contribution in [0.4, 0.5) is 0 Å². The molecule has 0 amide bonds. The van der Waals surface area contributed by atoms with Gasteiger partial charge in [-0.15, -0.1) is 0 Å². The van der Waals surface area contributed by atoms with E-state index in [0.29, 0.717) is 0 Å². The van der Waals surface area contributed by atoms with Crippen molar-refractivity contribution in [1.29, 1.82) is 0 Å². The van der Waals surface area contributed by atoms with Crippen LogP contribution < -0.4 is 0 Å². The van der Waals surface area contributed by atoms with Gasteiger partial charge in [-0.2, -0.15) is 0 Å². The Morgan fingerprint density at radius 1 is 1.58 bits per heavy atom. The minimum atomic E-state index is -4.54. The Labute approximate surface area is 91.1 Å². The van der Waals surface area contributed by atoms with Crippen LogP contribution >= 0.6 is 7.82 Å². The Bertz CT molecular complexity index is 198. The first-order valence-electron chi connectivity index (χ1n) is 2.45. The van der Waals surface area contributed by atoms with Crippen LogP contribution in [0.15, 0.2) is 12.7 Å². The second kappa shape index (κ2) is 6.80. The van der Waals surface area contributed by atoms with Gasteiger partial charge in [-0.3, -0.25) is 0 Å². The number of hydrogen-bond donors (Lipinski definition) is 2. The topological polar surface area (TPSA) is 93.1 Å². The third-order valence-corrected chi connectivity index (χ3v) is 1.03. The van der Waals surface area contributed by atoms with Gasteiger partial charge < -0.3 is 14.5 Å². The van der Waals surface area contributed by atoms with Gasteiger partial charge in [0.05, 0.1) is 0 Å². The second-order valence-corrected chi connectivity index (χ2v) is 2.64. The van der Waals surface area contributed by atoms with E-state index in [1.165, 1.54) is 0 Å². The van der Waals surface area contributed by atoms with Gasteiger partial charge in [0.25, 0.3) is 0 Å². The fourth-order valence-corrected chi connectivity index (χ4v) is 0.402. The molecule has 0 saturated carbocycles. The molecular formula is C4H7NaO6P. The van der Waals surface area contributed by atoms with Gasteiger partial charge in [0.15, 0.2) is 0 Å². The zero-order valence-corrected chi connectivity index (χ0v) is 9.36. The molecule has 0 aromatic carbocycles. The third-order valence-electron chi connectivity index (χ3n) is 0.589. The van der Waals surface area contributed by atoms with Gasteiger partial charge >= 0.3 is 13.8 Å². The van der Waals surface area contributed by atoms with Crippen LogP contribution in [0.2, 0.25) is 0 Å². The van der Waals surface area contributed by atoms with Crippen LogP contribution in [-0.4, -0.2) is 52.1 Å². The average Bonchev–Trinajstić information content (AvgIpc) is 1.85. The molecule has 0 rings (SSSR count). The van der Waals surface area contributed by atoms with Crippen molar-refractivity contribution in [2.24, 2.45) is 0 Å². The summed E-state index contributed by atoms with van der Waals surface area (Å²) in [5.41, 5.74) is 0. The van der Waals surface area contributed by atoms with E-state index in [1.807, 2.05) is 0 Å². The summed E-state index contributed by atoms with van der Waals surface area (Å²) in [4.78, 5) is 26.4. The van der Waals surface area contributed by atoms with Crippen LogP contribution in [0.1, 0.15) is 0 Å². The molecule has 8 heteroatoms. The number of hydrogen-bond acceptors (Lipinski definition) is 4. The Balaban J connectivity index is 0. The summed E-state index contributed by atoms with van der Waals surface area (Å²) < 4.78 is 17.8. The molecule has 0 aromatic heterocycles. The van der Waals surface area contributed by atoms with E-state index in [-0.39, 0.29) is 29.6 Å². The first kappa shape index (κ1) is 14.8. The average molecular weight is 205 g/mol. The fraction of sp³-hybridized carbons (Fsp3) is 0.250. The maximum atomic E-state index is 10.2. The minimum absolute atomic E-state index is 0. The predicted octanol–water partition coefficient (Wildman–Crippen LogP) is -0.598. The molecule has 0 unspecified atom stereocenters. The molecule has 2 N–H and O–H groups in total. The van der Waals surface area contributed by atoms with Crippen LogP contribution in [0.5, 0.6) is 0 Å². The molecule has 6 nitrogen and oxygen atoms in total. The van der Waals surface area contributed by atoms with Gasteiger partial charge in [0.2, 0.25) is 6.79 Å². The smallest absolute Gasteiger partial charge is 0.435 e. The molecule has 0 atom stereocenters. The Hall–Kier alpha value is 0.320. The summed E-state index contributed by atoms with van der Waals surface area (Å²) in [5.74, 6) is -0.807. The van der Waals surface area contributed by atoms with Crippen molar-refractivity contribution >= 4 is 43.3 Å². The summed E-state index contributed by atoms with van der Waals surface area (Å²) in [6.45, 7) is 2.27. The predicted molar refractivity (Wildman–Crippen MR) is 40.0 cm³/mol. The summed E-state index contributed by atoms with van der Waals surface area (Å²) in [6, 6.07) is 0. The Morgan fingerprint density at radius 3 is 2.42 bits per heavy atom. The Morgan fingerprint density at radius 2 is 2.08 bits per heavy atom. The number of ether oxygens (including phenoxy) is 1. The van der Waals surface area contributed by atoms with Crippen molar-refractivity contribution in [2.75, 3.05) is 6.79 Å². The van der Waals surface area contributed by atoms with E-state index >= 15 is 0 Å². The number of phosphoric acid groups is 1. The molecule has 0 aromatic rings. The zero-order chi connectivity index (χ0) is 8.91. The quantitative estimate of drug-likeness (QED) is 0.209. The van der Waals surface area contributed by atoms with E-state index in [0.717, 1.165) is 6.08 Å². The molecular weight excluding hydrogens is 198 g/mol. The van der Waals surface area contributed by atoms with E-state index in [1.54, 1.807) is 0 Å². The SMILES string of the molecule is C=CC(=O)OCOP(=O)(O)O.[Na]. The monoisotopic (exact) mass is 205 g/mol. The standard InChI is InChI=1S/C4H7O6P.Na/c1-2-4(5)9-3-10-11(6,7)8;/h2H,1,3H2,(H2,6,7,8);. The van der Waals surface area contributed by atoms with E-state index in [4.69, 9.17) is 9.79 Å². The molecule has 0 heterocycles. The number of carbonyl (C=O) groups excluding carboxylic acids is 1. The van der Waals surface area contributed by atoms with Crippen molar-refractivity contribution in [1.82, 2.24) is 0 Å². The van der Waals surface area contributed by atoms with Crippen LogP contribution in [0.25, 0.3) is 0 Å². The summed E-state index contributed by atoms with van der Waals surface area (Å²) in [6.07, 6.45) is 0.850. The van der Waals surface area contributed by atoms with E-state index < -0.39 is 20.6 Å². The van der Waals surface area contributed by atoms with Gasteiger partial charge in [0, 0.05) is 35.6 Å². The third kappa shape index (κ3) is 10.3. The maximum absolute atomic E-state index is 10.2. The number of phosphoric ester groups is 1. The van der Waals surface area contributed by atoms with Crippen molar-refractivity contribution in [3.63, 3.8) is 0 Å². The number of esters is 1. The molecule has 0 aliphatic carbocycles. The number of carbonyl (C=O) groups is 1. The van der Waals surface area contributed by atoms with Gasteiger partial charge in [-0.25, -0.2) is 13.9 Å². The summed E-state index contributed by atoms with van der Waals surface area (Å²) in [5, 5.41) is 0. The van der Waals surface area contributed by atoms with E-state index in [9.17, 15) is 9.36 Å². The van der Waals surface area contributed by atoms with Gasteiger partial charge in [0.1, 0.15) is 0 Å². The summed E-state index contributed by atoms with van der Waals surface area (Å²) in [7, 11) is -4.54.